The summed E-state index contributed by atoms with van der Waals surface area (Å²) in [6.45, 7) is 8.58. The van der Waals surface area contributed by atoms with Crippen molar-refractivity contribution in [1.29, 1.82) is 0 Å². The number of hydrogen-bond acceptors (Lipinski definition) is 2. The minimum absolute atomic E-state index is 0.0427. The Morgan fingerprint density at radius 3 is 2.70 bits per heavy atom. The van der Waals surface area contributed by atoms with Gasteiger partial charge in [0.25, 0.3) is 5.91 Å². The zero-order chi connectivity index (χ0) is 14.9. The topological polar surface area (TPSA) is 42.0 Å². The first-order valence-corrected chi connectivity index (χ1v) is 7.63. The van der Waals surface area contributed by atoms with E-state index < -0.39 is 0 Å². The molecule has 20 heavy (non-hydrogen) atoms. The zero-order valence-electron chi connectivity index (χ0n) is 12.7. The van der Waals surface area contributed by atoms with Gasteiger partial charge < -0.3 is 5.32 Å². The van der Waals surface area contributed by atoms with Crippen molar-refractivity contribution in [2.75, 3.05) is 0 Å². The van der Waals surface area contributed by atoms with Crippen LogP contribution in [-0.4, -0.2) is 16.9 Å². The normalized spacial score (nSPS) is 21.2. The summed E-state index contributed by atoms with van der Waals surface area (Å²) in [5.74, 6) is 0.213. The van der Waals surface area contributed by atoms with Crippen LogP contribution < -0.4 is 5.32 Å². The molecule has 1 N–H and O–H groups in total. The first kappa shape index (κ1) is 15.3. The summed E-state index contributed by atoms with van der Waals surface area (Å²) in [7, 11) is 0. The standard InChI is InChI=1S/C16H23ClN2O/c1-10(2)13-7-11(8-14(17)19-13)15(20)18-12-5-6-16(3,4)9-12/h7-8,10,12H,5-6,9H2,1-4H3,(H,18,20). The lowest BCUT2D eigenvalue weighted by atomic mass is 9.92. The molecule has 1 heterocycles. The van der Waals surface area contributed by atoms with Crippen LogP contribution in [-0.2, 0) is 0 Å². The van der Waals surface area contributed by atoms with Gasteiger partial charge in [0.2, 0.25) is 0 Å². The Morgan fingerprint density at radius 2 is 2.15 bits per heavy atom. The Morgan fingerprint density at radius 1 is 1.45 bits per heavy atom. The molecule has 110 valence electrons. The predicted octanol–water partition coefficient (Wildman–Crippen LogP) is 4.17. The minimum atomic E-state index is -0.0427. The maximum absolute atomic E-state index is 12.3. The van der Waals surface area contributed by atoms with Crippen molar-refractivity contribution in [3.8, 4) is 0 Å². The van der Waals surface area contributed by atoms with Gasteiger partial charge in [-0.15, -0.1) is 0 Å². The number of nitrogens with one attached hydrogen (secondary N) is 1. The highest BCUT2D eigenvalue weighted by Gasteiger charge is 2.31. The molecule has 2 rings (SSSR count). The van der Waals surface area contributed by atoms with Crippen molar-refractivity contribution < 1.29 is 4.79 Å². The Kier molecular flexibility index (Phi) is 4.38. The van der Waals surface area contributed by atoms with Gasteiger partial charge in [-0.2, -0.15) is 0 Å². The quantitative estimate of drug-likeness (QED) is 0.850. The van der Waals surface area contributed by atoms with Gasteiger partial charge in [0.1, 0.15) is 5.15 Å². The van der Waals surface area contributed by atoms with Crippen LogP contribution >= 0.6 is 11.6 Å². The second kappa shape index (κ2) is 5.72. The maximum atomic E-state index is 12.3. The van der Waals surface area contributed by atoms with Gasteiger partial charge in [-0.25, -0.2) is 4.98 Å². The van der Waals surface area contributed by atoms with Crippen molar-refractivity contribution in [3.05, 3.63) is 28.5 Å². The van der Waals surface area contributed by atoms with Gasteiger partial charge in [0, 0.05) is 17.3 Å². The second-order valence-electron chi connectivity index (χ2n) is 6.84. The summed E-state index contributed by atoms with van der Waals surface area (Å²) in [5, 5.41) is 3.50. The third-order valence-electron chi connectivity index (χ3n) is 3.97. The smallest absolute Gasteiger partial charge is 0.251 e. The Balaban J connectivity index is 2.10. The summed E-state index contributed by atoms with van der Waals surface area (Å²) >= 11 is 6.01. The van der Waals surface area contributed by atoms with E-state index in [0.717, 1.165) is 25.0 Å². The van der Waals surface area contributed by atoms with Crippen molar-refractivity contribution in [2.45, 2.75) is 58.9 Å². The molecule has 0 spiro atoms. The van der Waals surface area contributed by atoms with Crippen LogP contribution in [0.25, 0.3) is 0 Å². The molecule has 1 aliphatic rings. The van der Waals surface area contributed by atoms with Gasteiger partial charge in [-0.3, -0.25) is 4.79 Å². The number of halogens is 1. The lowest BCUT2D eigenvalue weighted by Crippen LogP contribution is -2.33. The number of pyridine rings is 1. The third kappa shape index (κ3) is 3.72. The number of carbonyl (C=O) groups excluding carboxylic acids is 1. The molecule has 0 bridgehead atoms. The molecule has 0 saturated heterocycles. The molecule has 1 atom stereocenters. The number of nitrogens with zero attached hydrogens (tertiary/aromatic N) is 1. The summed E-state index contributed by atoms with van der Waals surface area (Å²) in [5.41, 5.74) is 1.80. The van der Waals surface area contributed by atoms with Crippen LogP contribution in [0.15, 0.2) is 12.1 Å². The van der Waals surface area contributed by atoms with E-state index >= 15 is 0 Å². The average molecular weight is 295 g/mol. The summed E-state index contributed by atoms with van der Waals surface area (Å²) in [4.78, 5) is 16.6. The fourth-order valence-corrected chi connectivity index (χ4v) is 2.99. The van der Waals surface area contributed by atoms with Gasteiger partial charge >= 0.3 is 0 Å². The molecular weight excluding hydrogens is 272 g/mol. The van der Waals surface area contributed by atoms with E-state index in [1.807, 2.05) is 19.9 Å². The molecule has 1 fully saturated rings. The van der Waals surface area contributed by atoms with E-state index in [9.17, 15) is 4.79 Å². The number of amides is 1. The summed E-state index contributed by atoms with van der Waals surface area (Å²) in [6, 6.07) is 3.75. The molecule has 0 aromatic carbocycles. The Labute approximate surface area is 126 Å². The summed E-state index contributed by atoms with van der Waals surface area (Å²) in [6.07, 6.45) is 3.25. The van der Waals surface area contributed by atoms with E-state index in [-0.39, 0.29) is 17.9 Å². The van der Waals surface area contributed by atoms with Gasteiger partial charge in [0.15, 0.2) is 0 Å². The number of hydrogen-bond donors (Lipinski definition) is 1. The number of rotatable bonds is 3. The van der Waals surface area contributed by atoms with Crippen molar-refractivity contribution >= 4 is 17.5 Å². The van der Waals surface area contributed by atoms with Crippen LogP contribution in [0.5, 0.6) is 0 Å². The minimum Gasteiger partial charge on any atom is -0.349 e. The molecular formula is C16H23ClN2O. The van der Waals surface area contributed by atoms with Gasteiger partial charge in [-0.1, -0.05) is 39.3 Å². The molecule has 1 aromatic heterocycles. The Hall–Kier alpha value is -1.09. The average Bonchev–Trinajstić information content (AvgIpc) is 2.67. The van der Waals surface area contributed by atoms with E-state index in [4.69, 9.17) is 11.6 Å². The fourth-order valence-electron chi connectivity index (χ4n) is 2.77. The van der Waals surface area contributed by atoms with Crippen molar-refractivity contribution in [1.82, 2.24) is 10.3 Å². The molecule has 1 amide bonds. The molecule has 1 unspecified atom stereocenters. The van der Waals surface area contributed by atoms with E-state index in [1.165, 1.54) is 0 Å². The van der Waals surface area contributed by atoms with E-state index in [0.29, 0.717) is 16.1 Å². The van der Waals surface area contributed by atoms with Crippen LogP contribution in [0.2, 0.25) is 5.15 Å². The van der Waals surface area contributed by atoms with Crippen LogP contribution in [0.4, 0.5) is 0 Å². The molecule has 0 aliphatic heterocycles. The third-order valence-corrected chi connectivity index (χ3v) is 4.17. The largest absolute Gasteiger partial charge is 0.349 e. The van der Waals surface area contributed by atoms with Crippen LogP contribution in [0.1, 0.15) is 68.9 Å². The molecule has 4 heteroatoms. The van der Waals surface area contributed by atoms with Gasteiger partial charge in [-0.05, 0) is 42.7 Å². The lowest BCUT2D eigenvalue weighted by Gasteiger charge is -2.18. The Bertz CT molecular complexity index is 511. The van der Waals surface area contributed by atoms with Crippen molar-refractivity contribution in [3.63, 3.8) is 0 Å². The van der Waals surface area contributed by atoms with E-state index in [1.54, 1.807) is 6.07 Å². The van der Waals surface area contributed by atoms with Crippen molar-refractivity contribution in [2.24, 2.45) is 5.41 Å². The predicted molar refractivity (Wildman–Crippen MR) is 82.2 cm³/mol. The monoisotopic (exact) mass is 294 g/mol. The first-order chi connectivity index (χ1) is 9.27. The molecule has 1 aliphatic carbocycles. The molecule has 0 radical (unpaired) electrons. The highest BCUT2D eigenvalue weighted by Crippen LogP contribution is 2.37. The van der Waals surface area contributed by atoms with Gasteiger partial charge in [0.05, 0.1) is 0 Å². The van der Waals surface area contributed by atoms with E-state index in [2.05, 4.69) is 24.1 Å². The highest BCUT2D eigenvalue weighted by atomic mass is 35.5. The summed E-state index contributed by atoms with van der Waals surface area (Å²) < 4.78 is 0. The highest BCUT2D eigenvalue weighted by molar-refractivity contribution is 6.29. The zero-order valence-corrected chi connectivity index (χ0v) is 13.4. The molecule has 1 saturated carbocycles. The molecule has 1 aromatic rings. The van der Waals surface area contributed by atoms with Crippen LogP contribution in [0.3, 0.4) is 0 Å². The second-order valence-corrected chi connectivity index (χ2v) is 7.22. The SMILES string of the molecule is CC(C)c1cc(C(=O)NC2CCC(C)(C)C2)cc(Cl)n1. The molecule has 3 nitrogen and oxygen atoms in total. The van der Waals surface area contributed by atoms with Crippen LogP contribution in [0, 0.1) is 5.41 Å². The number of carbonyl (C=O) groups is 1. The number of aromatic nitrogens is 1. The lowest BCUT2D eigenvalue weighted by molar-refractivity contribution is 0.0936. The first-order valence-electron chi connectivity index (χ1n) is 7.25. The fraction of sp³-hybridized carbons (Fsp3) is 0.625. The maximum Gasteiger partial charge on any atom is 0.251 e.